The van der Waals surface area contributed by atoms with E-state index in [1.54, 1.807) is 24.4 Å². The zero-order valence-electron chi connectivity index (χ0n) is 11.9. The summed E-state index contributed by atoms with van der Waals surface area (Å²) >= 11 is 16.0. The predicted octanol–water partition coefficient (Wildman–Crippen LogP) is 4.75. The quantitative estimate of drug-likeness (QED) is 0.440. The van der Waals surface area contributed by atoms with Gasteiger partial charge < -0.3 is 0 Å². The number of hydrogen-bond donors (Lipinski definition) is 1. The van der Waals surface area contributed by atoms with Crippen LogP contribution in [0.25, 0.3) is 0 Å². The maximum absolute atomic E-state index is 12.0. The first kappa shape index (κ1) is 16.5. The average molecular weight is 412 g/mol. The van der Waals surface area contributed by atoms with Crippen LogP contribution in [0, 0.1) is 5.92 Å². The first-order valence-electron chi connectivity index (χ1n) is 7.02. The highest BCUT2D eigenvalue weighted by molar-refractivity contribution is 9.10. The van der Waals surface area contributed by atoms with E-state index < -0.39 is 4.33 Å². The first-order valence-corrected chi connectivity index (χ1v) is 8.57. The lowest BCUT2D eigenvalue weighted by molar-refractivity contribution is 0.0955. The fraction of sp³-hybridized carbons (Fsp3) is 0.176. The van der Waals surface area contributed by atoms with Crippen molar-refractivity contribution in [3.8, 4) is 0 Å². The van der Waals surface area contributed by atoms with Gasteiger partial charge in [-0.1, -0.05) is 52.3 Å². The summed E-state index contributed by atoms with van der Waals surface area (Å²) in [6.45, 7) is 0. The van der Waals surface area contributed by atoms with Crippen LogP contribution in [0.5, 0.6) is 0 Å². The van der Waals surface area contributed by atoms with Crippen molar-refractivity contribution < 1.29 is 4.79 Å². The third-order valence-electron chi connectivity index (χ3n) is 3.76. The molecule has 3 nitrogen and oxygen atoms in total. The molecule has 1 N–H and O–H groups in total. The summed E-state index contributed by atoms with van der Waals surface area (Å²) in [4.78, 5) is 12.0. The number of alkyl halides is 2. The summed E-state index contributed by atoms with van der Waals surface area (Å²) in [5.41, 5.74) is 4.09. The number of hydrogen-bond acceptors (Lipinski definition) is 2. The topological polar surface area (TPSA) is 41.5 Å². The molecule has 0 aromatic heterocycles. The third kappa shape index (κ3) is 3.60. The summed E-state index contributed by atoms with van der Waals surface area (Å²) in [6.07, 6.45) is 1.60. The highest BCUT2D eigenvalue weighted by Gasteiger charge is 2.63. The van der Waals surface area contributed by atoms with Gasteiger partial charge >= 0.3 is 0 Å². The van der Waals surface area contributed by atoms with Crippen LogP contribution in [-0.2, 0) is 0 Å². The predicted molar refractivity (Wildman–Crippen MR) is 97.2 cm³/mol. The van der Waals surface area contributed by atoms with Crippen LogP contribution >= 0.6 is 39.1 Å². The zero-order valence-corrected chi connectivity index (χ0v) is 15.0. The third-order valence-corrected chi connectivity index (χ3v) is 5.22. The second-order valence-electron chi connectivity index (χ2n) is 5.32. The second kappa shape index (κ2) is 6.63. The van der Waals surface area contributed by atoms with Gasteiger partial charge in [0.1, 0.15) is 4.33 Å². The van der Waals surface area contributed by atoms with Crippen LogP contribution in [0.1, 0.15) is 21.8 Å². The summed E-state index contributed by atoms with van der Waals surface area (Å²) in [5.74, 6) is -0.427. The Kier molecular flexibility index (Phi) is 4.76. The van der Waals surface area contributed by atoms with Crippen LogP contribution in [0.2, 0.25) is 0 Å². The van der Waals surface area contributed by atoms with Gasteiger partial charge in [-0.25, -0.2) is 5.43 Å². The van der Waals surface area contributed by atoms with Crippen molar-refractivity contribution in [1.29, 1.82) is 0 Å². The minimum atomic E-state index is -0.884. The number of amides is 1. The Morgan fingerprint density at radius 1 is 1.17 bits per heavy atom. The van der Waals surface area contributed by atoms with E-state index in [-0.39, 0.29) is 17.7 Å². The summed E-state index contributed by atoms with van der Waals surface area (Å²) in [6, 6.07) is 16.9. The smallest absolute Gasteiger partial charge is 0.267 e. The van der Waals surface area contributed by atoms with E-state index in [1.807, 2.05) is 36.4 Å². The van der Waals surface area contributed by atoms with Gasteiger partial charge in [0.05, 0.1) is 0 Å². The highest BCUT2D eigenvalue weighted by atomic mass is 79.9. The van der Waals surface area contributed by atoms with Crippen molar-refractivity contribution in [3.63, 3.8) is 0 Å². The maximum atomic E-state index is 12.0. The van der Waals surface area contributed by atoms with Crippen LogP contribution in [0.15, 0.2) is 64.2 Å². The first-order chi connectivity index (χ1) is 11.0. The number of benzene rings is 2. The van der Waals surface area contributed by atoms with Gasteiger partial charge in [-0.2, -0.15) is 5.10 Å². The number of carbonyl (C=O) groups excluding carboxylic acids is 1. The van der Waals surface area contributed by atoms with E-state index in [4.69, 9.17) is 23.2 Å². The number of nitrogens with one attached hydrogen (secondary N) is 1. The van der Waals surface area contributed by atoms with E-state index in [1.165, 1.54) is 0 Å². The van der Waals surface area contributed by atoms with Gasteiger partial charge in [0.15, 0.2) is 0 Å². The standard InChI is InChI=1S/C17H13BrCl2N2O/c18-13-8-4-7-12(9-13)16(23)22-21-10-14-15(17(14,19)20)11-5-2-1-3-6-11/h1-10,14-15H,(H,22,23)/b21-10-/t14-,15+/m0/s1. The van der Waals surface area contributed by atoms with Crippen molar-refractivity contribution in [2.75, 3.05) is 0 Å². The average Bonchev–Trinajstić information content (AvgIpc) is 3.09. The van der Waals surface area contributed by atoms with Crippen LogP contribution in [0.4, 0.5) is 0 Å². The Morgan fingerprint density at radius 2 is 1.91 bits per heavy atom. The monoisotopic (exact) mass is 410 g/mol. The molecule has 1 fully saturated rings. The van der Waals surface area contributed by atoms with Gasteiger partial charge in [0.2, 0.25) is 0 Å². The Labute approximate surface area is 152 Å². The Hall–Kier alpha value is -1.36. The minimum absolute atomic E-state index is 0.0152. The molecule has 0 bridgehead atoms. The molecule has 0 spiro atoms. The lowest BCUT2D eigenvalue weighted by Gasteiger charge is -2.00. The Balaban J connectivity index is 1.64. The maximum Gasteiger partial charge on any atom is 0.271 e. The molecule has 1 aliphatic carbocycles. The molecule has 0 unspecified atom stereocenters. The van der Waals surface area contributed by atoms with Crippen LogP contribution < -0.4 is 5.43 Å². The largest absolute Gasteiger partial charge is 0.271 e. The molecule has 6 heteroatoms. The van der Waals surface area contributed by atoms with Crippen LogP contribution in [-0.4, -0.2) is 16.5 Å². The number of nitrogens with zero attached hydrogens (tertiary/aromatic N) is 1. The molecule has 0 aliphatic heterocycles. The van der Waals surface area contributed by atoms with Gasteiger partial charge in [-0.3, -0.25) is 4.79 Å². The van der Waals surface area contributed by atoms with Crippen molar-refractivity contribution in [3.05, 3.63) is 70.2 Å². The highest BCUT2D eigenvalue weighted by Crippen LogP contribution is 2.63. The summed E-state index contributed by atoms with van der Waals surface area (Å²) < 4.78 is -0.0493. The molecular formula is C17H13BrCl2N2O. The van der Waals surface area contributed by atoms with E-state index in [9.17, 15) is 4.79 Å². The van der Waals surface area contributed by atoms with Crippen LogP contribution in [0.3, 0.4) is 0 Å². The SMILES string of the molecule is O=C(N/N=C\[C@H]1[C@@H](c2ccccc2)C1(Cl)Cl)c1cccc(Br)c1. The fourth-order valence-corrected chi connectivity index (χ4v) is 3.66. The molecular weight excluding hydrogens is 399 g/mol. The lowest BCUT2D eigenvalue weighted by Crippen LogP contribution is -2.17. The minimum Gasteiger partial charge on any atom is -0.267 e. The molecule has 1 aliphatic rings. The molecule has 1 amide bonds. The Morgan fingerprint density at radius 3 is 2.61 bits per heavy atom. The van der Waals surface area contributed by atoms with E-state index in [0.717, 1.165) is 10.0 Å². The lowest BCUT2D eigenvalue weighted by atomic mass is 10.1. The van der Waals surface area contributed by atoms with E-state index in [2.05, 4.69) is 26.5 Å². The summed E-state index contributed by atoms with van der Waals surface area (Å²) in [7, 11) is 0. The number of carbonyl (C=O) groups is 1. The normalized spacial score (nSPS) is 22.0. The van der Waals surface area contributed by atoms with Gasteiger partial charge in [0.25, 0.3) is 5.91 Å². The molecule has 23 heavy (non-hydrogen) atoms. The number of hydrazone groups is 1. The molecule has 0 radical (unpaired) electrons. The molecule has 1 saturated carbocycles. The number of rotatable bonds is 4. The molecule has 0 saturated heterocycles. The molecule has 2 aromatic rings. The number of halogens is 3. The van der Waals surface area contributed by atoms with Gasteiger partial charge in [-0.15, -0.1) is 23.2 Å². The molecule has 118 valence electrons. The molecule has 2 aromatic carbocycles. The van der Waals surface area contributed by atoms with Crippen molar-refractivity contribution in [1.82, 2.24) is 5.43 Å². The fourth-order valence-electron chi connectivity index (χ4n) is 2.50. The van der Waals surface area contributed by atoms with Gasteiger partial charge in [-0.05, 0) is 23.8 Å². The Bertz CT molecular complexity index is 749. The van der Waals surface area contributed by atoms with Crippen molar-refractivity contribution in [2.45, 2.75) is 10.3 Å². The van der Waals surface area contributed by atoms with Crippen molar-refractivity contribution in [2.24, 2.45) is 11.0 Å². The second-order valence-corrected chi connectivity index (χ2v) is 7.68. The molecule has 2 atom stereocenters. The molecule has 0 heterocycles. The van der Waals surface area contributed by atoms with Gasteiger partial charge in [0, 0.05) is 28.1 Å². The van der Waals surface area contributed by atoms with E-state index in [0.29, 0.717) is 5.56 Å². The van der Waals surface area contributed by atoms with E-state index >= 15 is 0 Å². The molecule has 3 rings (SSSR count). The zero-order chi connectivity index (χ0) is 16.4. The van der Waals surface area contributed by atoms with Crippen molar-refractivity contribution >= 4 is 51.3 Å². The summed E-state index contributed by atoms with van der Waals surface area (Å²) in [5, 5.41) is 4.00.